The first-order valence-corrected chi connectivity index (χ1v) is 8.18. The molecular formula is C18H14BrFO5. The number of benzene rings is 2. The fraction of sp³-hybridized carbons (Fsp3) is 0.167. The van der Waals surface area contributed by atoms with Gasteiger partial charge in [-0.25, -0.2) is 9.18 Å². The molecule has 130 valence electrons. The van der Waals surface area contributed by atoms with Crippen LogP contribution in [-0.2, 0) is 4.79 Å². The minimum Gasteiger partial charge on any atom is -0.493 e. The molecule has 0 radical (unpaired) electrons. The summed E-state index contributed by atoms with van der Waals surface area (Å²) in [6, 6.07) is 7.28. The molecule has 0 saturated carbocycles. The van der Waals surface area contributed by atoms with E-state index in [4.69, 9.17) is 18.9 Å². The molecule has 0 N–H and O–H groups in total. The minimum atomic E-state index is -0.596. The number of fused-ring (bicyclic) bond motifs is 1. The fourth-order valence-corrected chi connectivity index (χ4v) is 2.69. The van der Waals surface area contributed by atoms with Crippen molar-refractivity contribution in [3.63, 3.8) is 0 Å². The van der Waals surface area contributed by atoms with Gasteiger partial charge in [0.25, 0.3) is 0 Å². The Balaban J connectivity index is 1.76. The standard InChI is InChI=1S/C18H14BrFO5/c1-22-15-8-11(9-16-18(15)24-7-6-23-16)2-5-17(21)25-14-4-3-12(20)10-13(14)19/h2-5,8-10H,6-7H2,1H3. The van der Waals surface area contributed by atoms with E-state index in [9.17, 15) is 9.18 Å². The first-order chi connectivity index (χ1) is 12.1. The van der Waals surface area contributed by atoms with Crippen molar-refractivity contribution >= 4 is 28.0 Å². The van der Waals surface area contributed by atoms with E-state index >= 15 is 0 Å². The lowest BCUT2D eigenvalue weighted by atomic mass is 10.1. The van der Waals surface area contributed by atoms with Crippen LogP contribution in [0.2, 0.25) is 0 Å². The highest BCUT2D eigenvalue weighted by Crippen LogP contribution is 2.40. The molecule has 25 heavy (non-hydrogen) atoms. The minimum absolute atomic E-state index is 0.232. The summed E-state index contributed by atoms with van der Waals surface area (Å²) < 4.78 is 34.9. The zero-order valence-electron chi connectivity index (χ0n) is 13.3. The second-order valence-corrected chi connectivity index (χ2v) is 5.93. The summed E-state index contributed by atoms with van der Waals surface area (Å²) in [5.41, 5.74) is 0.691. The van der Waals surface area contributed by atoms with Gasteiger partial charge in [-0.3, -0.25) is 0 Å². The molecule has 0 bridgehead atoms. The molecule has 3 rings (SSSR count). The second-order valence-electron chi connectivity index (χ2n) is 5.08. The Morgan fingerprint density at radius 1 is 1.20 bits per heavy atom. The molecule has 0 atom stereocenters. The van der Waals surface area contributed by atoms with Crippen LogP contribution in [0.25, 0.3) is 6.08 Å². The zero-order valence-corrected chi connectivity index (χ0v) is 14.8. The predicted molar refractivity (Wildman–Crippen MR) is 92.8 cm³/mol. The Kier molecular flexibility index (Phi) is 5.23. The third kappa shape index (κ3) is 4.11. The van der Waals surface area contributed by atoms with Crippen molar-refractivity contribution < 1.29 is 28.1 Å². The molecule has 7 heteroatoms. The molecule has 2 aromatic rings. The van der Waals surface area contributed by atoms with Gasteiger partial charge in [0.05, 0.1) is 11.6 Å². The van der Waals surface area contributed by atoms with Crippen LogP contribution >= 0.6 is 15.9 Å². The van der Waals surface area contributed by atoms with Gasteiger partial charge in [0.1, 0.15) is 24.8 Å². The van der Waals surface area contributed by atoms with E-state index in [-0.39, 0.29) is 5.75 Å². The van der Waals surface area contributed by atoms with Crippen LogP contribution in [-0.4, -0.2) is 26.3 Å². The van der Waals surface area contributed by atoms with Crippen molar-refractivity contribution in [3.8, 4) is 23.0 Å². The Hall–Kier alpha value is -2.54. The van der Waals surface area contributed by atoms with Gasteiger partial charge in [0.15, 0.2) is 11.5 Å². The van der Waals surface area contributed by atoms with E-state index in [1.807, 2.05) is 0 Å². The number of hydrogen-bond donors (Lipinski definition) is 0. The van der Waals surface area contributed by atoms with Gasteiger partial charge in [0.2, 0.25) is 5.75 Å². The molecule has 5 nitrogen and oxygen atoms in total. The number of rotatable bonds is 4. The first kappa shape index (κ1) is 17.3. The van der Waals surface area contributed by atoms with Crippen molar-refractivity contribution in [1.29, 1.82) is 0 Å². The van der Waals surface area contributed by atoms with Crippen LogP contribution in [0, 0.1) is 5.82 Å². The van der Waals surface area contributed by atoms with Gasteiger partial charge in [-0.1, -0.05) is 0 Å². The Morgan fingerprint density at radius 2 is 2.00 bits per heavy atom. The maximum Gasteiger partial charge on any atom is 0.336 e. The summed E-state index contributed by atoms with van der Waals surface area (Å²) in [6.07, 6.45) is 2.83. The number of halogens is 2. The predicted octanol–water partition coefficient (Wildman–Crippen LogP) is 3.99. The summed E-state index contributed by atoms with van der Waals surface area (Å²) in [5.74, 6) is 0.831. The van der Waals surface area contributed by atoms with E-state index in [0.717, 1.165) is 0 Å². The molecule has 0 spiro atoms. The second kappa shape index (κ2) is 7.57. The zero-order chi connectivity index (χ0) is 17.8. The molecule has 1 heterocycles. The van der Waals surface area contributed by atoms with E-state index in [2.05, 4.69) is 15.9 Å². The summed E-state index contributed by atoms with van der Waals surface area (Å²) in [4.78, 5) is 12.0. The number of esters is 1. The van der Waals surface area contributed by atoms with Gasteiger partial charge >= 0.3 is 5.97 Å². The molecule has 1 aliphatic rings. The van der Waals surface area contributed by atoms with Crippen LogP contribution in [0.1, 0.15) is 5.56 Å². The van der Waals surface area contributed by atoms with E-state index in [1.54, 1.807) is 18.2 Å². The molecule has 0 amide bonds. The molecule has 0 aliphatic carbocycles. The van der Waals surface area contributed by atoms with Crippen LogP contribution in [0.4, 0.5) is 4.39 Å². The van der Waals surface area contributed by atoms with Crippen molar-refractivity contribution in [3.05, 3.63) is 52.3 Å². The van der Waals surface area contributed by atoms with Crippen molar-refractivity contribution in [1.82, 2.24) is 0 Å². The maximum atomic E-state index is 13.0. The van der Waals surface area contributed by atoms with E-state index < -0.39 is 11.8 Å². The highest BCUT2D eigenvalue weighted by Gasteiger charge is 2.18. The highest BCUT2D eigenvalue weighted by atomic mass is 79.9. The summed E-state index contributed by atoms with van der Waals surface area (Å²) in [6.45, 7) is 0.904. The summed E-state index contributed by atoms with van der Waals surface area (Å²) in [7, 11) is 1.53. The first-order valence-electron chi connectivity index (χ1n) is 7.39. The third-order valence-corrected chi connectivity index (χ3v) is 3.99. The van der Waals surface area contributed by atoms with Crippen molar-refractivity contribution in [2.45, 2.75) is 0 Å². The Bertz CT molecular complexity index is 817. The molecule has 0 saturated heterocycles. The molecule has 0 fully saturated rings. The SMILES string of the molecule is COc1cc(C=CC(=O)Oc2ccc(F)cc2Br)cc2c1OCCO2. The van der Waals surface area contributed by atoms with Crippen molar-refractivity contribution in [2.24, 2.45) is 0 Å². The quantitative estimate of drug-likeness (QED) is 0.434. The number of carbonyl (C=O) groups excluding carboxylic acids is 1. The number of ether oxygens (including phenoxy) is 4. The highest BCUT2D eigenvalue weighted by molar-refractivity contribution is 9.10. The largest absolute Gasteiger partial charge is 0.493 e. The maximum absolute atomic E-state index is 13.0. The van der Waals surface area contributed by atoms with Gasteiger partial charge in [-0.05, 0) is 57.9 Å². The van der Waals surface area contributed by atoms with Gasteiger partial charge in [-0.15, -0.1) is 0 Å². The lowest BCUT2D eigenvalue weighted by Crippen LogP contribution is -2.16. The lowest BCUT2D eigenvalue weighted by Gasteiger charge is -2.20. The van der Waals surface area contributed by atoms with Gasteiger partial charge < -0.3 is 18.9 Å². The summed E-state index contributed by atoms with van der Waals surface area (Å²) in [5, 5.41) is 0. The fourth-order valence-electron chi connectivity index (χ4n) is 2.25. The molecule has 1 aliphatic heterocycles. The van der Waals surface area contributed by atoms with Gasteiger partial charge in [-0.2, -0.15) is 0 Å². The normalized spacial score (nSPS) is 12.9. The Labute approximate surface area is 152 Å². The number of carbonyl (C=O) groups is 1. The van der Waals surface area contributed by atoms with Crippen LogP contribution in [0.15, 0.2) is 40.9 Å². The molecular weight excluding hydrogens is 395 g/mol. The van der Waals surface area contributed by atoms with E-state index in [1.165, 1.54) is 31.4 Å². The summed E-state index contributed by atoms with van der Waals surface area (Å²) >= 11 is 3.14. The van der Waals surface area contributed by atoms with Crippen LogP contribution in [0.5, 0.6) is 23.0 Å². The van der Waals surface area contributed by atoms with Crippen LogP contribution in [0.3, 0.4) is 0 Å². The Morgan fingerprint density at radius 3 is 2.76 bits per heavy atom. The average molecular weight is 409 g/mol. The number of methoxy groups -OCH3 is 1. The topological polar surface area (TPSA) is 54.0 Å². The average Bonchev–Trinajstić information content (AvgIpc) is 2.61. The molecule has 2 aromatic carbocycles. The third-order valence-electron chi connectivity index (χ3n) is 3.37. The lowest BCUT2D eigenvalue weighted by molar-refractivity contribution is -0.128. The smallest absolute Gasteiger partial charge is 0.336 e. The van der Waals surface area contributed by atoms with Crippen LogP contribution < -0.4 is 18.9 Å². The van der Waals surface area contributed by atoms with Gasteiger partial charge in [0, 0.05) is 6.08 Å². The molecule has 0 aromatic heterocycles. The monoisotopic (exact) mass is 408 g/mol. The number of hydrogen-bond acceptors (Lipinski definition) is 5. The van der Waals surface area contributed by atoms with Crippen molar-refractivity contribution in [2.75, 3.05) is 20.3 Å². The van der Waals surface area contributed by atoms with E-state index in [0.29, 0.717) is 40.5 Å². The molecule has 0 unspecified atom stereocenters.